The number of amides is 1. The summed E-state index contributed by atoms with van der Waals surface area (Å²) in [6, 6.07) is 7.08. The van der Waals surface area contributed by atoms with Crippen molar-refractivity contribution < 1.29 is 19.1 Å². The minimum Gasteiger partial charge on any atom is -0.481 e. The summed E-state index contributed by atoms with van der Waals surface area (Å²) in [6.07, 6.45) is 0.470. The molecule has 0 aliphatic rings. The Morgan fingerprint density at radius 3 is 2.71 bits per heavy atom. The standard InChI is InChI=1S/C15H16N2O4/c1-9-14(21-10(2)16-9)15(20)17-12-5-3-4-11(8-12)6-7-13(18)19/h3-5,8H,6-7H2,1-2H3,(H,17,20)(H,18,19). The highest BCUT2D eigenvalue weighted by molar-refractivity contribution is 6.02. The SMILES string of the molecule is Cc1nc(C)c(C(=O)Nc2cccc(CCC(=O)O)c2)o1. The largest absolute Gasteiger partial charge is 0.481 e. The summed E-state index contributed by atoms with van der Waals surface area (Å²) in [5.74, 6) is -0.600. The van der Waals surface area contributed by atoms with Crippen molar-refractivity contribution in [3.8, 4) is 0 Å². The van der Waals surface area contributed by atoms with Crippen molar-refractivity contribution in [3.05, 3.63) is 47.2 Å². The first-order valence-electron chi connectivity index (χ1n) is 6.52. The first kappa shape index (κ1) is 14.8. The smallest absolute Gasteiger partial charge is 0.303 e. The van der Waals surface area contributed by atoms with Crippen molar-refractivity contribution in [1.29, 1.82) is 0 Å². The molecular formula is C15H16N2O4. The number of carboxylic acids is 1. The summed E-state index contributed by atoms with van der Waals surface area (Å²) in [7, 11) is 0. The van der Waals surface area contributed by atoms with Crippen LogP contribution in [-0.4, -0.2) is 22.0 Å². The van der Waals surface area contributed by atoms with Gasteiger partial charge < -0.3 is 14.8 Å². The molecule has 2 N–H and O–H groups in total. The average Bonchev–Trinajstić information content (AvgIpc) is 2.76. The maximum Gasteiger partial charge on any atom is 0.303 e. The van der Waals surface area contributed by atoms with Crippen LogP contribution in [0.3, 0.4) is 0 Å². The summed E-state index contributed by atoms with van der Waals surface area (Å²) in [5, 5.41) is 11.4. The summed E-state index contributed by atoms with van der Waals surface area (Å²) in [4.78, 5) is 26.7. The third-order valence-electron chi connectivity index (χ3n) is 2.92. The van der Waals surface area contributed by atoms with E-state index < -0.39 is 5.97 Å². The monoisotopic (exact) mass is 288 g/mol. The second-order valence-electron chi connectivity index (χ2n) is 4.70. The molecule has 0 spiro atoms. The van der Waals surface area contributed by atoms with Gasteiger partial charge in [0.1, 0.15) is 0 Å². The molecule has 0 bridgehead atoms. The lowest BCUT2D eigenvalue weighted by molar-refractivity contribution is -0.136. The number of nitrogens with zero attached hydrogens (tertiary/aromatic N) is 1. The van der Waals surface area contributed by atoms with Crippen LogP contribution in [0.5, 0.6) is 0 Å². The number of rotatable bonds is 5. The maximum atomic E-state index is 12.1. The van der Waals surface area contributed by atoms with Crippen molar-refractivity contribution in [2.45, 2.75) is 26.7 Å². The predicted octanol–water partition coefficient (Wildman–Crippen LogP) is 2.56. The van der Waals surface area contributed by atoms with E-state index in [1.54, 1.807) is 32.0 Å². The Kier molecular flexibility index (Phi) is 4.37. The minimum absolute atomic E-state index is 0.0534. The van der Waals surface area contributed by atoms with Gasteiger partial charge >= 0.3 is 5.97 Å². The highest BCUT2D eigenvalue weighted by Crippen LogP contribution is 2.16. The van der Waals surface area contributed by atoms with Crippen molar-refractivity contribution in [2.24, 2.45) is 0 Å². The van der Waals surface area contributed by atoms with Crippen LogP contribution in [0.15, 0.2) is 28.7 Å². The molecule has 21 heavy (non-hydrogen) atoms. The van der Waals surface area contributed by atoms with E-state index in [1.807, 2.05) is 6.07 Å². The highest BCUT2D eigenvalue weighted by Gasteiger charge is 2.16. The molecule has 0 aliphatic carbocycles. The lowest BCUT2D eigenvalue weighted by Gasteiger charge is -2.06. The molecule has 0 fully saturated rings. The van der Waals surface area contributed by atoms with Gasteiger partial charge in [0.15, 0.2) is 5.89 Å². The molecule has 1 aromatic heterocycles. The third kappa shape index (κ3) is 3.92. The molecule has 1 aromatic carbocycles. The van der Waals surface area contributed by atoms with Gasteiger partial charge in [-0.3, -0.25) is 9.59 Å². The lowest BCUT2D eigenvalue weighted by Crippen LogP contribution is -2.12. The highest BCUT2D eigenvalue weighted by atomic mass is 16.4. The van der Waals surface area contributed by atoms with E-state index in [-0.39, 0.29) is 18.1 Å². The summed E-state index contributed by atoms with van der Waals surface area (Å²) >= 11 is 0. The number of aliphatic carboxylic acids is 1. The minimum atomic E-state index is -0.850. The number of hydrogen-bond donors (Lipinski definition) is 2. The Balaban J connectivity index is 2.09. The van der Waals surface area contributed by atoms with Gasteiger partial charge in [0, 0.05) is 19.0 Å². The van der Waals surface area contributed by atoms with Gasteiger partial charge in [0.05, 0.1) is 5.69 Å². The van der Waals surface area contributed by atoms with Crippen LogP contribution in [0, 0.1) is 13.8 Å². The summed E-state index contributed by atoms with van der Waals surface area (Å²) in [6.45, 7) is 3.38. The predicted molar refractivity (Wildman–Crippen MR) is 76.3 cm³/mol. The van der Waals surface area contributed by atoms with Gasteiger partial charge in [0.25, 0.3) is 5.91 Å². The molecule has 0 saturated heterocycles. The second kappa shape index (κ2) is 6.21. The number of hydrogen-bond acceptors (Lipinski definition) is 4. The van der Waals surface area contributed by atoms with Crippen LogP contribution in [0.25, 0.3) is 0 Å². The number of benzene rings is 1. The molecule has 0 unspecified atom stereocenters. The Hall–Kier alpha value is -2.63. The zero-order chi connectivity index (χ0) is 15.4. The van der Waals surface area contributed by atoms with Crippen molar-refractivity contribution in [1.82, 2.24) is 4.98 Å². The summed E-state index contributed by atoms with van der Waals surface area (Å²) < 4.78 is 5.26. The van der Waals surface area contributed by atoms with Crippen LogP contribution < -0.4 is 5.32 Å². The van der Waals surface area contributed by atoms with E-state index in [4.69, 9.17) is 9.52 Å². The second-order valence-corrected chi connectivity index (χ2v) is 4.70. The average molecular weight is 288 g/mol. The number of carboxylic acid groups (broad SMARTS) is 1. The van der Waals surface area contributed by atoms with Gasteiger partial charge in [-0.2, -0.15) is 0 Å². The normalized spacial score (nSPS) is 10.4. The van der Waals surface area contributed by atoms with E-state index in [1.165, 1.54) is 0 Å². The molecule has 2 rings (SSSR count). The molecule has 6 heteroatoms. The molecule has 0 atom stereocenters. The van der Waals surface area contributed by atoms with E-state index >= 15 is 0 Å². The number of carbonyl (C=O) groups is 2. The van der Waals surface area contributed by atoms with Crippen molar-refractivity contribution in [2.75, 3.05) is 5.32 Å². The number of carbonyl (C=O) groups excluding carboxylic acids is 1. The Labute approximate surface area is 121 Å². The summed E-state index contributed by atoms with van der Waals surface area (Å²) in [5.41, 5.74) is 1.98. The number of aryl methyl sites for hydroxylation is 3. The molecule has 1 heterocycles. The topological polar surface area (TPSA) is 92.4 Å². The van der Waals surface area contributed by atoms with Crippen LogP contribution in [-0.2, 0) is 11.2 Å². The molecule has 6 nitrogen and oxygen atoms in total. The Morgan fingerprint density at radius 1 is 1.33 bits per heavy atom. The van der Waals surface area contributed by atoms with Crippen molar-refractivity contribution >= 4 is 17.6 Å². The zero-order valence-corrected chi connectivity index (χ0v) is 11.8. The number of nitrogens with one attached hydrogen (secondary N) is 1. The van der Waals surface area contributed by atoms with Crippen LogP contribution in [0.4, 0.5) is 5.69 Å². The third-order valence-corrected chi connectivity index (χ3v) is 2.92. The van der Waals surface area contributed by atoms with Crippen molar-refractivity contribution in [3.63, 3.8) is 0 Å². The number of aromatic nitrogens is 1. The Morgan fingerprint density at radius 2 is 2.10 bits per heavy atom. The number of anilines is 1. The van der Waals surface area contributed by atoms with Gasteiger partial charge in [-0.15, -0.1) is 0 Å². The fraction of sp³-hybridized carbons (Fsp3) is 0.267. The molecule has 1 amide bonds. The van der Waals surface area contributed by atoms with E-state index in [2.05, 4.69) is 10.3 Å². The number of oxazole rings is 1. The van der Waals surface area contributed by atoms with Gasteiger partial charge in [0.2, 0.25) is 5.76 Å². The first-order chi connectivity index (χ1) is 9.95. The van der Waals surface area contributed by atoms with Gasteiger partial charge in [-0.05, 0) is 31.0 Å². The molecule has 0 saturated carbocycles. The van der Waals surface area contributed by atoms with Gasteiger partial charge in [-0.25, -0.2) is 4.98 Å². The van der Waals surface area contributed by atoms with E-state index in [0.717, 1.165) is 5.56 Å². The fourth-order valence-corrected chi connectivity index (χ4v) is 1.99. The van der Waals surface area contributed by atoms with E-state index in [0.29, 0.717) is 23.7 Å². The molecule has 110 valence electrons. The fourth-order valence-electron chi connectivity index (χ4n) is 1.99. The Bertz CT molecular complexity index is 676. The van der Waals surface area contributed by atoms with Crippen LogP contribution in [0.1, 0.15) is 34.1 Å². The molecule has 0 radical (unpaired) electrons. The maximum absolute atomic E-state index is 12.1. The molecular weight excluding hydrogens is 272 g/mol. The van der Waals surface area contributed by atoms with Crippen LogP contribution in [0.2, 0.25) is 0 Å². The quantitative estimate of drug-likeness (QED) is 0.882. The molecule has 2 aromatic rings. The van der Waals surface area contributed by atoms with Crippen LogP contribution >= 0.6 is 0 Å². The molecule has 0 aliphatic heterocycles. The first-order valence-corrected chi connectivity index (χ1v) is 6.52. The lowest BCUT2D eigenvalue weighted by atomic mass is 10.1. The zero-order valence-electron chi connectivity index (χ0n) is 11.8. The van der Waals surface area contributed by atoms with E-state index in [9.17, 15) is 9.59 Å². The van der Waals surface area contributed by atoms with Gasteiger partial charge in [-0.1, -0.05) is 12.1 Å².